The highest BCUT2D eigenvalue weighted by Gasteiger charge is 2.19. The summed E-state index contributed by atoms with van der Waals surface area (Å²) in [6.45, 7) is 3.49. The standard InChI is InChI=1S/C11H16N4O/c1-2-6-9-12-10(14-13-9)11(16)15-7-4-3-5-8-15/h3-4H,2,5-8H2,1H3,(H,12,13,14). The first-order valence-electron chi connectivity index (χ1n) is 5.67. The van der Waals surface area contributed by atoms with E-state index in [1.807, 2.05) is 6.08 Å². The fourth-order valence-corrected chi connectivity index (χ4v) is 1.71. The lowest BCUT2D eigenvalue weighted by atomic mass is 10.2. The van der Waals surface area contributed by atoms with Crippen LogP contribution in [0.2, 0.25) is 0 Å². The molecular weight excluding hydrogens is 204 g/mol. The number of hydrogen-bond donors (Lipinski definition) is 1. The molecule has 0 unspecified atom stereocenters. The molecular formula is C11H16N4O. The summed E-state index contributed by atoms with van der Waals surface area (Å²) in [5.74, 6) is 1.00. The molecule has 1 aromatic heterocycles. The van der Waals surface area contributed by atoms with Crippen molar-refractivity contribution in [2.75, 3.05) is 13.1 Å². The zero-order valence-corrected chi connectivity index (χ0v) is 9.44. The largest absolute Gasteiger partial charge is 0.332 e. The van der Waals surface area contributed by atoms with E-state index < -0.39 is 0 Å². The number of aromatic amines is 1. The molecule has 16 heavy (non-hydrogen) atoms. The van der Waals surface area contributed by atoms with E-state index in [-0.39, 0.29) is 5.91 Å². The first-order chi connectivity index (χ1) is 7.81. The summed E-state index contributed by atoms with van der Waals surface area (Å²) in [4.78, 5) is 17.9. The number of aryl methyl sites for hydroxylation is 1. The SMILES string of the molecule is CCCc1nc(C(=O)N2CC=CCC2)n[nH]1. The Morgan fingerprint density at radius 1 is 1.56 bits per heavy atom. The van der Waals surface area contributed by atoms with Gasteiger partial charge in [0.2, 0.25) is 5.82 Å². The van der Waals surface area contributed by atoms with E-state index >= 15 is 0 Å². The summed E-state index contributed by atoms with van der Waals surface area (Å²) in [5, 5.41) is 6.76. The number of aromatic nitrogens is 3. The molecule has 5 nitrogen and oxygen atoms in total. The van der Waals surface area contributed by atoms with Crippen molar-refractivity contribution in [3.8, 4) is 0 Å². The van der Waals surface area contributed by atoms with Gasteiger partial charge in [0.25, 0.3) is 5.91 Å². The Balaban J connectivity index is 2.05. The van der Waals surface area contributed by atoms with Crippen LogP contribution in [0.1, 0.15) is 36.2 Å². The van der Waals surface area contributed by atoms with Crippen LogP contribution >= 0.6 is 0 Å². The molecule has 1 amide bonds. The minimum absolute atomic E-state index is 0.0806. The molecule has 0 spiro atoms. The van der Waals surface area contributed by atoms with E-state index in [9.17, 15) is 4.79 Å². The van der Waals surface area contributed by atoms with Crippen molar-refractivity contribution in [3.63, 3.8) is 0 Å². The molecule has 2 heterocycles. The third-order valence-corrected chi connectivity index (χ3v) is 2.56. The lowest BCUT2D eigenvalue weighted by molar-refractivity contribution is 0.0759. The Kier molecular flexibility index (Phi) is 3.34. The average molecular weight is 220 g/mol. The molecule has 1 aliphatic rings. The first kappa shape index (κ1) is 10.9. The van der Waals surface area contributed by atoms with E-state index in [1.54, 1.807) is 4.90 Å². The number of hydrogen-bond acceptors (Lipinski definition) is 3. The molecule has 0 atom stereocenters. The number of nitrogens with one attached hydrogen (secondary N) is 1. The molecule has 1 N–H and O–H groups in total. The van der Waals surface area contributed by atoms with Crippen molar-refractivity contribution in [1.82, 2.24) is 20.1 Å². The Hall–Kier alpha value is -1.65. The van der Waals surface area contributed by atoms with Gasteiger partial charge in [0.15, 0.2) is 0 Å². The monoisotopic (exact) mass is 220 g/mol. The number of rotatable bonds is 3. The van der Waals surface area contributed by atoms with Crippen LogP contribution in [0, 0.1) is 0 Å². The fraction of sp³-hybridized carbons (Fsp3) is 0.545. The highest BCUT2D eigenvalue weighted by atomic mass is 16.2. The second kappa shape index (κ2) is 4.92. The molecule has 1 aromatic rings. The molecule has 0 bridgehead atoms. The van der Waals surface area contributed by atoms with Crippen LogP contribution < -0.4 is 0 Å². The maximum Gasteiger partial charge on any atom is 0.293 e. The maximum atomic E-state index is 12.0. The van der Waals surface area contributed by atoms with Gasteiger partial charge in [0.05, 0.1) is 0 Å². The van der Waals surface area contributed by atoms with Gasteiger partial charge in [-0.15, -0.1) is 5.10 Å². The van der Waals surface area contributed by atoms with Gasteiger partial charge in [-0.25, -0.2) is 4.98 Å². The lowest BCUT2D eigenvalue weighted by Gasteiger charge is -2.21. The number of carbonyl (C=O) groups is 1. The van der Waals surface area contributed by atoms with Crippen LogP contribution in [-0.4, -0.2) is 39.1 Å². The third kappa shape index (κ3) is 2.29. The maximum absolute atomic E-state index is 12.0. The number of amides is 1. The van der Waals surface area contributed by atoms with Gasteiger partial charge in [-0.05, 0) is 12.8 Å². The van der Waals surface area contributed by atoms with Crippen LogP contribution in [-0.2, 0) is 6.42 Å². The topological polar surface area (TPSA) is 61.9 Å². The molecule has 0 aromatic carbocycles. The van der Waals surface area contributed by atoms with Crippen LogP contribution in [0.25, 0.3) is 0 Å². The van der Waals surface area contributed by atoms with Gasteiger partial charge in [0, 0.05) is 19.5 Å². The number of carbonyl (C=O) groups excluding carboxylic acids is 1. The number of H-pyrrole nitrogens is 1. The minimum Gasteiger partial charge on any atom is -0.332 e. The molecule has 0 saturated heterocycles. The Morgan fingerprint density at radius 3 is 3.12 bits per heavy atom. The molecule has 0 radical (unpaired) electrons. The van der Waals surface area contributed by atoms with Gasteiger partial charge in [-0.2, -0.15) is 0 Å². The van der Waals surface area contributed by atoms with Crippen molar-refractivity contribution < 1.29 is 4.79 Å². The first-order valence-corrected chi connectivity index (χ1v) is 5.67. The second-order valence-electron chi connectivity index (χ2n) is 3.87. The predicted molar refractivity (Wildman–Crippen MR) is 60.0 cm³/mol. The smallest absolute Gasteiger partial charge is 0.293 e. The highest BCUT2D eigenvalue weighted by molar-refractivity contribution is 5.90. The predicted octanol–water partition coefficient (Wildman–Crippen LogP) is 1.16. The van der Waals surface area contributed by atoms with Crippen LogP contribution in [0.4, 0.5) is 0 Å². The Morgan fingerprint density at radius 2 is 2.44 bits per heavy atom. The van der Waals surface area contributed by atoms with Crippen LogP contribution in [0.3, 0.4) is 0 Å². The van der Waals surface area contributed by atoms with E-state index in [1.165, 1.54) is 0 Å². The minimum atomic E-state index is -0.0806. The van der Waals surface area contributed by atoms with Gasteiger partial charge in [-0.1, -0.05) is 19.1 Å². The molecule has 0 saturated carbocycles. The summed E-state index contributed by atoms with van der Waals surface area (Å²) >= 11 is 0. The highest BCUT2D eigenvalue weighted by Crippen LogP contribution is 2.06. The normalized spacial score (nSPS) is 15.4. The summed E-state index contributed by atoms with van der Waals surface area (Å²) in [7, 11) is 0. The van der Waals surface area contributed by atoms with Crippen LogP contribution in [0.15, 0.2) is 12.2 Å². The molecule has 0 fully saturated rings. The van der Waals surface area contributed by atoms with E-state index in [0.29, 0.717) is 12.4 Å². The van der Waals surface area contributed by atoms with E-state index in [4.69, 9.17) is 0 Å². The van der Waals surface area contributed by atoms with Crippen LogP contribution in [0.5, 0.6) is 0 Å². The van der Waals surface area contributed by atoms with Crippen molar-refractivity contribution in [1.29, 1.82) is 0 Å². The summed E-state index contributed by atoms with van der Waals surface area (Å²) in [6, 6.07) is 0. The van der Waals surface area contributed by atoms with Gasteiger partial charge < -0.3 is 4.90 Å². The molecule has 2 rings (SSSR count). The van der Waals surface area contributed by atoms with E-state index in [0.717, 1.165) is 31.6 Å². The van der Waals surface area contributed by atoms with Crippen molar-refractivity contribution in [2.45, 2.75) is 26.2 Å². The second-order valence-corrected chi connectivity index (χ2v) is 3.87. The molecule has 86 valence electrons. The third-order valence-electron chi connectivity index (χ3n) is 2.56. The van der Waals surface area contributed by atoms with Crippen molar-refractivity contribution >= 4 is 5.91 Å². The Bertz CT molecular complexity index is 396. The van der Waals surface area contributed by atoms with Gasteiger partial charge >= 0.3 is 0 Å². The molecule has 1 aliphatic heterocycles. The average Bonchev–Trinajstić information content (AvgIpc) is 2.78. The zero-order chi connectivity index (χ0) is 11.4. The summed E-state index contributed by atoms with van der Waals surface area (Å²) < 4.78 is 0. The van der Waals surface area contributed by atoms with Gasteiger partial charge in [-0.3, -0.25) is 9.89 Å². The van der Waals surface area contributed by atoms with Crippen molar-refractivity contribution in [2.24, 2.45) is 0 Å². The zero-order valence-electron chi connectivity index (χ0n) is 9.44. The Labute approximate surface area is 94.6 Å². The van der Waals surface area contributed by atoms with Crippen molar-refractivity contribution in [3.05, 3.63) is 23.8 Å². The summed E-state index contributed by atoms with van der Waals surface area (Å²) in [5.41, 5.74) is 0. The van der Waals surface area contributed by atoms with Gasteiger partial charge in [0.1, 0.15) is 5.82 Å². The number of nitrogens with zero attached hydrogens (tertiary/aromatic N) is 3. The molecule has 0 aliphatic carbocycles. The summed E-state index contributed by atoms with van der Waals surface area (Å²) in [6.07, 6.45) is 6.83. The van der Waals surface area contributed by atoms with E-state index in [2.05, 4.69) is 28.2 Å². The quantitative estimate of drug-likeness (QED) is 0.777. The molecule has 5 heteroatoms. The lowest BCUT2D eigenvalue weighted by Crippen LogP contribution is -2.34. The fourth-order valence-electron chi connectivity index (χ4n) is 1.71.